The van der Waals surface area contributed by atoms with E-state index in [1.807, 2.05) is 17.9 Å². The Morgan fingerprint density at radius 1 is 1.31 bits per heavy atom. The van der Waals surface area contributed by atoms with Gasteiger partial charge >= 0.3 is 6.09 Å². The lowest BCUT2D eigenvalue weighted by Gasteiger charge is -2.35. The molecule has 1 amide bonds. The number of piperazine rings is 1. The third kappa shape index (κ3) is 5.09. The molecule has 0 unspecified atom stereocenters. The topological polar surface area (TPSA) is 81.0 Å². The summed E-state index contributed by atoms with van der Waals surface area (Å²) >= 11 is 0. The number of carbonyl (C=O) groups excluding carboxylic acids is 1. The number of halogens is 1. The van der Waals surface area contributed by atoms with Crippen LogP contribution in [0.3, 0.4) is 0 Å². The number of aliphatic imine (C=N–C) groups is 1. The van der Waals surface area contributed by atoms with Crippen LogP contribution in [-0.2, 0) is 11.3 Å². The molecule has 1 aliphatic rings. The van der Waals surface area contributed by atoms with E-state index < -0.39 is 0 Å². The molecular weight excluding hydrogens is 337 g/mol. The summed E-state index contributed by atoms with van der Waals surface area (Å²) in [5.74, 6) is 0.286. The van der Waals surface area contributed by atoms with E-state index in [4.69, 9.17) is 10.00 Å². The van der Waals surface area contributed by atoms with Crippen molar-refractivity contribution >= 4 is 12.1 Å². The SMILES string of the molecule is CCNC(=NCc1cc(C#N)ccc1F)N1CCN(C(=O)OCC)CC1. The number of hydrogen-bond acceptors (Lipinski definition) is 4. The summed E-state index contributed by atoms with van der Waals surface area (Å²) in [6.45, 7) is 7.24. The second kappa shape index (κ2) is 9.61. The lowest BCUT2D eigenvalue weighted by Crippen LogP contribution is -2.53. The van der Waals surface area contributed by atoms with E-state index in [9.17, 15) is 9.18 Å². The minimum absolute atomic E-state index is 0.141. The minimum Gasteiger partial charge on any atom is -0.450 e. The van der Waals surface area contributed by atoms with Crippen molar-refractivity contribution in [1.29, 1.82) is 5.26 Å². The zero-order valence-electron chi connectivity index (χ0n) is 15.2. The Kier molecular flexibility index (Phi) is 7.21. The summed E-state index contributed by atoms with van der Waals surface area (Å²) in [5, 5.41) is 12.1. The summed E-state index contributed by atoms with van der Waals surface area (Å²) in [6.07, 6.45) is -0.301. The average molecular weight is 361 g/mol. The minimum atomic E-state index is -0.379. The van der Waals surface area contributed by atoms with Gasteiger partial charge < -0.3 is 19.9 Å². The van der Waals surface area contributed by atoms with Gasteiger partial charge in [-0.2, -0.15) is 5.26 Å². The van der Waals surface area contributed by atoms with Crippen molar-refractivity contribution in [3.05, 3.63) is 35.1 Å². The predicted molar refractivity (Wildman–Crippen MR) is 96.1 cm³/mol. The molecule has 0 saturated carbocycles. The van der Waals surface area contributed by atoms with Crippen molar-refractivity contribution in [2.45, 2.75) is 20.4 Å². The van der Waals surface area contributed by atoms with Crippen LogP contribution in [0.15, 0.2) is 23.2 Å². The number of nitrogens with zero attached hydrogens (tertiary/aromatic N) is 4. The Bertz CT molecular complexity index is 693. The van der Waals surface area contributed by atoms with Gasteiger partial charge in [0.15, 0.2) is 5.96 Å². The molecule has 8 heteroatoms. The second-order valence-corrected chi connectivity index (χ2v) is 5.76. The van der Waals surface area contributed by atoms with Crippen molar-refractivity contribution in [3.8, 4) is 6.07 Å². The van der Waals surface area contributed by atoms with Gasteiger partial charge in [-0.25, -0.2) is 14.2 Å². The van der Waals surface area contributed by atoms with Crippen LogP contribution in [0.2, 0.25) is 0 Å². The van der Waals surface area contributed by atoms with Crippen molar-refractivity contribution in [2.75, 3.05) is 39.3 Å². The fourth-order valence-electron chi connectivity index (χ4n) is 2.67. The summed E-state index contributed by atoms with van der Waals surface area (Å²) in [7, 11) is 0. The second-order valence-electron chi connectivity index (χ2n) is 5.76. The molecule has 0 aliphatic carbocycles. The van der Waals surface area contributed by atoms with Gasteiger partial charge in [-0.05, 0) is 32.0 Å². The van der Waals surface area contributed by atoms with Gasteiger partial charge in [0.05, 0.1) is 24.8 Å². The Labute approximate surface area is 153 Å². The molecule has 0 bridgehead atoms. The smallest absolute Gasteiger partial charge is 0.409 e. The Hall–Kier alpha value is -2.82. The van der Waals surface area contributed by atoms with Gasteiger partial charge in [0.25, 0.3) is 0 Å². The van der Waals surface area contributed by atoms with Crippen LogP contribution < -0.4 is 5.32 Å². The van der Waals surface area contributed by atoms with E-state index in [-0.39, 0.29) is 18.5 Å². The standard InChI is InChI=1S/C18H24FN5O2/c1-3-21-17(22-13-15-11-14(12-20)5-6-16(15)19)23-7-9-24(10-8-23)18(25)26-4-2/h5-6,11H,3-4,7-10,13H2,1-2H3,(H,21,22). The molecule has 1 aliphatic heterocycles. The Morgan fingerprint density at radius 2 is 2.00 bits per heavy atom. The highest BCUT2D eigenvalue weighted by atomic mass is 19.1. The van der Waals surface area contributed by atoms with Crippen molar-refractivity contribution in [1.82, 2.24) is 15.1 Å². The van der Waals surface area contributed by atoms with Crippen LogP contribution >= 0.6 is 0 Å². The molecule has 0 aromatic heterocycles. The summed E-state index contributed by atoms with van der Waals surface area (Å²) in [4.78, 5) is 20.0. The summed E-state index contributed by atoms with van der Waals surface area (Å²) in [6, 6.07) is 6.25. The van der Waals surface area contributed by atoms with Crippen LogP contribution in [0, 0.1) is 17.1 Å². The molecule has 0 spiro atoms. The first kappa shape index (κ1) is 19.5. The lowest BCUT2D eigenvalue weighted by atomic mass is 10.1. The largest absolute Gasteiger partial charge is 0.450 e. The van der Waals surface area contributed by atoms with Crippen LogP contribution in [0.5, 0.6) is 0 Å². The normalized spacial score (nSPS) is 14.8. The highest BCUT2D eigenvalue weighted by Crippen LogP contribution is 2.12. The molecule has 7 nitrogen and oxygen atoms in total. The fourth-order valence-corrected chi connectivity index (χ4v) is 2.67. The molecule has 0 radical (unpaired) electrons. The molecule has 140 valence electrons. The average Bonchev–Trinajstić information content (AvgIpc) is 2.66. The van der Waals surface area contributed by atoms with Crippen molar-refractivity contribution in [2.24, 2.45) is 4.99 Å². The first-order valence-electron chi connectivity index (χ1n) is 8.72. The zero-order chi connectivity index (χ0) is 18.9. The van der Waals surface area contributed by atoms with Gasteiger partial charge in [-0.15, -0.1) is 0 Å². The number of guanidine groups is 1. The number of benzene rings is 1. The summed E-state index contributed by atoms with van der Waals surface area (Å²) < 4.78 is 18.9. The summed E-state index contributed by atoms with van der Waals surface area (Å²) in [5.41, 5.74) is 0.786. The fraction of sp³-hybridized carbons (Fsp3) is 0.500. The monoisotopic (exact) mass is 361 g/mol. The van der Waals surface area contributed by atoms with Gasteiger partial charge in [0.2, 0.25) is 0 Å². The molecule has 1 aromatic rings. The maximum atomic E-state index is 13.9. The number of carbonyl (C=O) groups is 1. The number of ether oxygens (including phenoxy) is 1. The maximum Gasteiger partial charge on any atom is 0.409 e. The molecule has 1 fully saturated rings. The van der Waals surface area contributed by atoms with E-state index in [1.54, 1.807) is 11.8 Å². The molecular formula is C18H24FN5O2. The van der Waals surface area contributed by atoms with Crippen molar-refractivity contribution < 1.29 is 13.9 Å². The zero-order valence-corrected chi connectivity index (χ0v) is 15.2. The maximum absolute atomic E-state index is 13.9. The van der Waals surface area contributed by atoms with Crippen LogP contribution in [0.1, 0.15) is 25.0 Å². The van der Waals surface area contributed by atoms with E-state index in [0.717, 1.165) is 0 Å². The van der Waals surface area contributed by atoms with E-state index in [2.05, 4.69) is 10.3 Å². The highest BCUT2D eigenvalue weighted by Gasteiger charge is 2.23. The van der Waals surface area contributed by atoms with Crippen LogP contribution in [0.25, 0.3) is 0 Å². The van der Waals surface area contributed by atoms with Gasteiger partial charge in [-0.1, -0.05) is 0 Å². The molecule has 1 aromatic carbocycles. The lowest BCUT2D eigenvalue weighted by molar-refractivity contribution is 0.0914. The number of nitriles is 1. The van der Waals surface area contributed by atoms with Gasteiger partial charge in [0, 0.05) is 38.3 Å². The van der Waals surface area contributed by atoms with Gasteiger partial charge in [0.1, 0.15) is 5.82 Å². The molecule has 1 heterocycles. The molecule has 26 heavy (non-hydrogen) atoms. The van der Waals surface area contributed by atoms with Crippen LogP contribution in [-0.4, -0.2) is 61.2 Å². The Balaban J connectivity index is 2.04. The third-order valence-corrected chi connectivity index (χ3v) is 4.01. The molecule has 0 atom stereocenters. The van der Waals surface area contributed by atoms with E-state index >= 15 is 0 Å². The quantitative estimate of drug-likeness (QED) is 0.655. The number of rotatable bonds is 4. The van der Waals surface area contributed by atoms with Crippen molar-refractivity contribution in [3.63, 3.8) is 0 Å². The first-order chi connectivity index (χ1) is 12.6. The van der Waals surface area contributed by atoms with Gasteiger partial charge in [-0.3, -0.25) is 0 Å². The highest BCUT2D eigenvalue weighted by molar-refractivity contribution is 5.80. The van der Waals surface area contributed by atoms with E-state index in [1.165, 1.54) is 18.2 Å². The third-order valence-electron chi connectivity index (χ3n) is 4.01. The molecule has 2 rings (SSSR count). The first-order valence-corrected chi connectivity index (χ1v) is 8.72. The number of amides is 1. The predicted octanol–water partition coefficient (Wildman–Crippen LogP) is 1.94. The van der Waals surface area contributed by atoms with Crippen LogP contribution in [0.4, 0.5) is 9.18 Å². The number of nitrogens with one attached hydrogen (secondary N) is 1. The van der Waals surface area contributed by atoms with E-state index in [0.29, 0.717) is 56.4 Å². The molecule has 1 N–H and O–H groups in total. The molecule has 1 saturated heterocycles. The number of hydrogen-bond donors (Lipinski definition) is 1. The Morgan fingerprint density at radius 3 is 2.62 bits per heavy atom.